The van der Waals surface area contributed by atoms with Gasteiger partial charge in [-0.1, -0.05) is 61.2 Å². The first-order chi connectivity index (χ1) is 13.3. The van der Waals surface area contributed by atoms with Crippen molar-refractivity contribution in [2.45, 2.75) is 51.1 Å². The minimum absolute atomic E-state index is 0.213. The summed E-state index contributed by atoms with van der Waals surface area (Å²) >= 11 is 0. The van der Waals surface area contributed by atoms with E-state index in [1.54, 1.807) is 12.4 Å². The first-order valence-electron chi connectivity index (χ1n) is 9.59. The zero-order chi connectivity index (χ0) is 18.5. The summed E-state index contributed by atoms with van der Waals surface area (Å²) in [5, 5.41) is 18.3. The van der Waals surface area contributed by atoms with E-state index >= 15 is 0 Å². The Labute approximate surface area is 158 Å². The van der Waals surface area contributed by atoms with Gasteiger partial charge in [-0.2, -0.15) is 5.10 Å². The van der Waals surface area contributed by atoms with Crippen LogP contribution in [0.2, 0.25) is 0 Å². The molecule has 3 aromatic rings. The van der Waals surface area contributed by atoms with Gasteiger partial charge in [-0.15, -0.1) is 5.10 Å². The van der Waals surface area contributed by atoms with E-state index in [2.05, 4.69) is 25.8 Å². The van der Waals surface area contributed by atoms with E-state index in [0.29, 0.717) is 18.3 Å². The predicted octanol–water partition coefficient (Wildman–Crippen LogP) is 3.49. The Morgan fingerprint density at radius 3 is 2.70 bits per heavy atom. The predicted molar refractivity (Wildman–Crippen MR) is 102 cm³/mol. The Kier molecular flexibility index (Phi) is 5.27. The molecule has 140 valence electrons. The van der Waals surface area contributed by atoms with Crippen molar-refractivity contribution in [1.29, 1.82) is 0 Å². The van der Waals surface area contributed by atoms with Crippen LogP contribution >= 0.6 is 0 Å². The van der Waals surface area contributed by atoms with Crippen molar-refractivity contribution in [1.82, 2.24) is 30.5 Å². The van der Waals surface area contributed by atoms with Crippen LogP contribution in [0, 0.1) is 0 Å². The van der Waals surface area contributed by atoms with Gasteiger partial charge in [0.05, 0.1) is 24.1 Å². The van der Waals surface area contributed by atoms with Crippen LogP contribution in [0.3, 0.4) is 0 Å². The second-order valence-corrected chi connectivity index (χ2v) is 7.05. The molecule has 2 heterocycles. The number of hydrogen-bond acceptors (Lipinski definition) is 4. The summed E-state index contributed by atoms with van der Waals surface area (Å²) in [6.45, 7) is 0.385. The van der Waals surface area contributed by atoms with E-state index in [-0.39, 0.29) is 5.91 Å². The molecule has 0 bridgehead atoms. The molecule has 0 unspecified atom stereocenters. The van der Waals surface area contributed by atoms with Crippen molar-refractivity contribution in [3.05, 3.63) is 54.0 Å². The maximum Gasteiger partial charge on any atom is 0.273 e. The summed E-state index contributed by atoms with van der Waals surface area (Å²) in [5.74, 6) is -0.213. The lowest BCUT2D eigenvalue weighted by Gasteiger charge is -2.12. The minimum atomic E-state index is -0.213. The number of hydrogen-bond donors (Lipinski definition) is 2. The number of nitrogens with zero attached hydrogens (tertiary/aromatic N) is 4. The van der Waals surface area contributed by atoms with Crippen molar-refractivity contribution in [3.63, 3.8) is 0 Å². The third-order valence-electron chi connectivity index (χ3n) is 5.16. The molecular weight excluding hydrogens is 340 g/mol. The number of benzene rings is 1. The quantitative estimate of drug-likeness (QED) is 0.678. The zero-order valence-electron chi connectivity index (χ0n) is 15.3. The topological polar surface area (TPSA) is 88.5 Å². The molecule has 2 aromatic heterocycles. The van der Waals surface area contributed by atoms with Gasteiger partial charge in [0.15, 0.2) is 5.69 Å². The summed E-state index contributed by atoms with van der Waals surface area (Å²) in [6, 6.07) is 10.3. The molecule has 1 aliphatic rings. The van der Waals surface area contributed by atoms with E-state index in [9.17, 15) is 4.79 Å². The fraction of sp³-hybridized carbons (Fsp3) is 0.400. The van der Waals surface area contributed by atoms with Gasteiger partial charge >= 0.3 is 0 Å². The minimum Gasteiger partial charge on any atom is -0.346 e. The molecule has 1 fully saturated rings. The van der Waals surface area contributed by atoms with Gasteiger partial charge < -0.3 is 5.32 Å². The highest BCUT2D eigenvalue weighted by Crippen LogP contribution is 2.26. The van der Waals surface area contributed by atoms with E-state index in [4.69, 9.17) is 0 Å². The highest BCUT2D eigenvalue weighted by atomic mass is 16.2. The molecule has 1 amide bonds. The van der Waals surface area contributed by atoms with E-state index in [1.807, 2.05) is 35.0 Å². The smallest absolute Gasteiger partial charge is 0.273 e. The van der Waals surface area contributed by atoms with Crippen LogP contribution in [0.25, 0.3) is 11.3 Å². The van der Waals surface area contributed by atoms with E-state index < -0.39 is 0 Å². The fourth-order valence-electron chi connectivity index (χ4n) is 3.65. The van der Waals surface area contributed by atoms with Crippen molar-refractivity contribution in [2.24, 2.45) is 0 Å². The van der Waals surface area contributed by atoms with E-state index in [0.717, 1.165) is 29.7 Å². The monoisotopic (exact) mass is 364 g/mol. The molecule has 27 heavy (non-hydrogen) atoms. The van der Waals surface area contributed by atoms with Crippen LogP contribution in [0.1, 0.15) is 60.6 Å². The summed E-state index contributed by atoms with van der Waals surface area (Å²) in [6.07, 6.45) is 10.7. The lowest BCUT2D eigenvalue weighted by atomic mass is 10.1. The van der Waals surface area contributed by atoms with Crippen LogP contribution in [-0.4, -0.2) is 31.1 Å². The Bertz CT molecular complexity index is 877. The third-order valence-corrected chi connectivity index (χ3v) is 5.16. The number of aromatic amines is 1. The summed E-state index contributed by atoms with van der Waals surface area (Å²) in [5.41, 5.74) is 3.26. The number of amides is 1. The third kappa shape index (κ3) is 4.07. The standard InChI is InChI=1S/C20H24N6O/c27-20(18-14-26(25-23-18)17-10-6-1-2-7-11-17)21-12-16-13-22-24-19(16)15-8-4-3-5-9-15/h3-5,8-9,13-14,17H,1-2,6-7,10-12H2,(H,21,27)(H,22,24). The zero-order valence-corrected chi connectivity index (χ0v) is 15.3. The molecule has 0 spiro atoms. The first-order valence-corrected chi connectivity index (χ1v) is 9.59. The number of carbonyl (C=O) groups is 1. The number of nitrogens with one attached hydrogen (secondary N) is 2. The molecule has 0 aliphatic heterocycles. The first kappa shape index (κ1) is 17.5. The van der Waals surface area contributed by atoms with Crippen LogP contribution in [0.4, 0.5) is 0 Å². The molecule has 1 aromatic carbocycles. The Morgan fingerprint density at radius 1 is 1.15 bits per heavy atom. The number of rotatable bonds is 5. The van der Waals surface area contributed by atoms with Crippen LogP contribution in [0.15, 0.2) is 42.7 Å². The molecule has 7 heteroatoms. The Morgan fingerprint density at radius 2 is 1.93 bits per heavy atom. The average Bonchev–Trinajstić information content (AvgIpc) is 3.31. The molecular formula is C20H24N6O. The number of aromatic nitrogens is 5. The normalized spacial score (nSPS) is 15.4. The summed E-state index contributed by atoms with van der Waals surface area (Å²) in [4.78, 5) is 12.5. The molecule has 1 saturated carbocycles. The van der Waals surface area contributed by atoms with Gasteiger partial charge in [0.2, 0.25) is 0 Å². The molecule has 7 nitrogen and oxygen atoms in total. The fourth-order valence-corrected chi connectivity index (χ4v) is 3.65. The maximum absolute atomic E-state index is 12.5. The van der Waals surface area contributed by atoms with Crippen molar-refractivity contribution >= 4 is 5.91 Å². The van der Waals surface area contributed by atoms with Crippen molar-refractivity contribution in [3.8, 4) is 11.3 Å². The highest BCUT2D eigenvalue weighted by Gasteiger charge is 2.18. The average molecular weight is 364 g/mol. The Hall–Kier alpha value is -2.96. The van der Waals surface area contributed by atoms with Gasteiger partial charge in [0, 0.05) is 12.1 Å². The molecule has 0 atom stereocenters. The van der Waals surface area contributed by atoms with Gasteiger partial charge in [-0.05, 0) is 18.4 Å². The molecule has 2 N–H and O–H groups in total. The van der Waals surface area contributed by atoms with Gasteiger partial charge in [0.25, 0.3) is 5.91 Å². The molecule has 0 radical (unpaired) electrons. The summed E-state index contributed by atoms with van der Waals surface area (Å²) < 4.78 is 1.87. The second-order valence-electron chi connectivity index (χ2n) is 7.05. The lowest BCUT2D eigenvalue weighted by molar-refractivity contribution is 0.0946. The largest absolute Gasteiger partial charge is 0.346 e. The van der Waals surface area contributed by atoms with E-state index in [1.165, 1.54) is 25.7 Å². The molecule has 4 rings (SSSR count). The van der Waals surface area contributed by atoms with Gasteiger partial charge in [-0.25, -0.2) is 4.68 Å². The SMILES string of the molecule is O=C(NCc1cn[nH]c1-c1ccccc1)c1cn(C2CCCCCC2)nn1. The van der Waals surface area contributed by atoms with Gasteiger partial charge in [-0.3, -0.25) is 9.89 Å². The lowest BCUT2D eigenvalue weighted by Crippen LogP contribution is -2.23. The second kappa shape index (κ2) is 8.16. The van der Waals surface area contributed by atoms with Crippen LogP contribution < -0.4 is 5.32 Å². The Balaban J connectivity index is 1.40. The van der Waals surface area contributed by atoms with Gasteiger partial charge in [0.1, 0.15) is 0 Å². The maximum atomic E-state index is 12.5. The molecule has 0 saturated heterocycles. The number of H-pyrrole nitrogens is 1. The van der Waals surface area contributed by atoms with Crippen molar-refractivity contribution < 1.29 is 4.79 Å². The summed E-state index contributed by atoms with van der Waals surface area (Å²) in [7, 11) is 0. The van der Waals surface area contributed by atoms with Crippen LogP contribution in [-0.2, 0) is 6.54 Å². The van der Waals surface area contributed by atoms with Crippen molar-refractivity contribution in [2.75, 3.05) is 0 Å². The van der Waals surface area contributed by atoms with Crippen LogP contribution in [0.5, 0.6) is 0 Å². The number of carbonyl (C=O) groups excluding carboxylic acids is 1. The highest BCUT2D eigenvalue weighted by molar-refractivity contribution is 5.91. The molecule has 1 aliphatic carbocycles.